The Labute approximate surface area is 128 Å². The first-order chi connectivity index (χ1) is 9.85. The number of rotatable bonds is 7. The molecule has 0 radical (unpaired) electrons. The van der Waals surface area contributed by atoms with Crippen LogP contribution in [0.4, 0.5) is 0 Å². The Bertz CT molecular complexity index is 405. The summed E-state index contributed by atoms with van der Waals surface area (Å²) in [7, 11) is 1.73. The van der Waals surface area contributed by atoms with Crippen molar-refractivity contribution in [3.63, 3.8) is 0 Å². The van der Waals surface area contributed by atoms with Gasteiger partial charge in [-0.15, -0.1) is 0 Å². The smallest absolute Gasteiger partial charge is 0.320 e. The van der Waals surface area contributed by atoms with Crippen molar-refractivity contribution in [3.05, 3.63) is 0 Å². The molecule has 0 aliphatic carbocycles. The molecule has 0 aromatic carbocycles. The molecule has 1 aliphatic heterocycles. The fourth-order valence-corrected chi connectivity index (χ4v) is 2.92. The molecule has 0 aromatic heterocycles. The third-order valence-electron chi connectivity index (χ3n) is 3.48. The molecule has 1 saturated heterocycles. The molecule has 1 rings (SSSR count). The van der Waals surface area contributed by atoms with Crippen molar-refractivity contribution in [1.29, 1.82) is 0 Å². The molecule has 3 atom stereocenters. The summed E-state index contributed by atoms with van der Waals surface area (Å²) in [5.41, 5.74) is 0. The Morgan fingerprint density at radius 2 is 2.10 bits per heavy atom. The van der Waals surface area contributed by atoms with E-state index in [2.05, 4.69) is 10.6 Å². The van der Waals surface area contributed by atoms with Crippen LogP contribution in [0.3, 0.4) is 0 Å². The third-order valence-corrected chi connectivity index (χ3v) is 4.13. The molecule has 120 valence electrons. The Morgan fingerprint density at radius 3 is 2.57 bits per heavy atom. The first-order valence-corrected chi connectivity index (χ1v) is 8.24. The fourth-order valence-electron chi connectivity index (χ4n) is 2.44. The zero-order valence-corrected chi connectivity index (χ0v) is 13.4. The van der Waals surface area contributed by atoms with E-state index in [1.807, 2.05) is 6.26 Å². The van der Waals surface area contributed by atoms with Gasteiger partial charge < -0.3 is 15.7 Å². The first kappa shape index (κ1) is 17.8. The summed E-state index contributed by atoms with van der Waals surface area (Å²) in [6.07, 6.45) is 2.87. The third kappa shape index (κ3) is 5.55. The molecule has 0 aromatic rings. The first-order valence-electron chi connectivity index (χ1n) is 6.84. The van der Waals surface area contributed by atoms with Gasteiger partial charge in [-0.05, 0) is 31.9 Å². The van der Waals surface area contributed by atoms with E-state index in [1.54, 1.807) is 23.7 Å². The van der Waals surface area contributed by atoms with Gasteiger partial charge >= 0.3 is 5.97 Å². The number of hydrogen-bond acceptors (Lipinski definition) is 5. The van der Waals surface area contributed by atoms with Crippen molar-refractivity contribution >= 4 is 29.5 Å². The molecule has 0 saturated carbocycles. The number of likely N-dealkylation sites (tertiary alicyclic amines) is 1. The van der Waals surface area contributed by atoms with Crippen molar-refractivity contribution < 1.29 is 19.5 Å². The van der Waals surface area contributed by atoms with Crippen molar-refractivity contribution in [3.8, 4) is 0 Å². The van der Waals surface area contributed by atoms with Crippen molar-refractivity contribution in [2.24, 2.45) is 0 Å². The number of nitrogens with zero attached hydrogens (tertiary/aromatic N) is 1. The van der Waals surface area contributed by atoms with Crippen molar-refractivity contribution in [2.45, 2.75) is 37.9 Å². The number of aliphatic carboxylic acids is 1. The van der Waals surface area contributed by atoms with Crippen LogP contribution in [0.25, 0.3) is 0 Å². The predicted octanol–water partition coefficient (Wildman–Crippen LogP) is -0.482. The van der Waals surface area contributed by atoms with Crippen LogP contribution in [0.5, 0.6) is 0 Å². The molecular weight excluding hydrogens is 294 g/mol. The highest BCUT2D eigenvalue weighted by Crippen LogP contribution is 2.16. The maximum absolute atomic E-state index is 12.2. The molecule has 0 bridgehead atoms. The van der Waals surface area contributed by atoms with Gasteiger partial charge in [0.05, 0.1) is 0 Å². The molecule has 0 spiro atoms. The SMILES string of the molecule is CSCC[C@H](NC(C)=O)C(=O)N[C@@H]1C[C@@H](C(=O)O)N(C)C1. The lowest BCUT2D eigenvalue weighted by Crippen LogP contribution is -2.49. The largest absolute Gasteiger partial charge is 0.480 e. The lowest BCUT2D eigenvalue weighted by molar-refractivity contribution is -0.141. The van der Waals surface area contributed by atoms with Crippen molar-refractivity contribution in [1.82, 2.24) is 15.5 Å². The second kappa shape index (κ2) is 8.23. The minimum Gasteiger partial charge on any atom is -0.480 e. The van der Waals surface area contributed by atoms with E-state index >= 15 is 0 Å². The zero-order valence-electron chi connectivity index (χ0n) is 12.6. The van der Waals surface area contributed by atoms with Crippen molar-refractivity contribution in [2.75, 3.05) is 25.6 Å². The fraction of sp³-hybridized carbons (Fsp3) is 0.769. The van der Waals surface area contributed by atoms with E-state index in [-0.39, 0.29) is 17.9 Å². The van der Waals surface area contributed by atoms with E-state index in [0.717, 1.165) is 5.75 Å². The Morgan fingerprint density at radius 1 is 1.43 bits per heavy atom. The van der Waals surface area contributed by atoms with Gasteiger partial charge in [0.1, 0.15) is 12.1 Å². The van der Waals surface area contributed by atoms with E-state index in [0.29, 0.717) is 19.4 Å². The van der Waals surface area contributed by atoms with Gasteiger partial charge in [0.25, 0.3) is 0 Å². The van der Waals surface area contributed by atoms with Gasteiger partial charge in [-0.25, -0.2) is 0 Å². The second-order valence-corrected chi connectivity index (χ2v) is 6.26. The van der Waals surface area contributed by atoms with Gasteiger partial charge in [0.15, 0.2) is 0 Å². The lowest BCUT2D eigenvalue weighted by Gasteiger charge is -2.20. The molecule has 2 amide bonds. The monoisotopic (exact) mass is 317 g/mol. The highest BCUT2D eigenvalue weighted by molar-refractivity contribution is 7.98. The maximum atomic E-state index is 12.2. The molecule has 7 nitrogen and oxygen atoms in total. The summed E-state index contributed by atoms with van der Waals surface area (Å²) in [6.45, 7) is 1.88. The molecule has 21 heavy (non-hydrogen) atoms. The minimum absolute atomic E-state index is 0.200. The molecule has 3 N–H and O–H groups in total. The summed E-state index contributed by atoms with van der Waals surface area (Å²) in [6, 6.07) is -1.33. The highest BCUT2D eigenvalue weighted by atomic mass is 32.2. The quantitative estimate of drug-likeness (QED) is 0.586. The standard InChI is InChI=1S/C13H23N3O4S/c1-8(17)14-10(4-5-21-3)12(18)15-9-6-11(13(19)20)16(2)7-9/h9-11H,4-7H2,1-3H3,(H,14,17)(H,15,18)(H,19,20)/t9-,10+,11+/m1/s1. The highest BCUT2D eigenvalue weighted by Gasteiger charge is 2.35. The normalized spacial score (nSPS) is 23.6. The molecule has 0 unspecified atom stereocenters. The number of thioether (sulfide) groups is 1. The average Bonchev–Trinajstić information content (AvgIpc) is 2.75. The summed E-state index contributed by atoms with van der Waals surface area (Å²) in [5, 5.41) is 14.5. The Hall–Kier alpha value is -1.28. The van der Waals surface area contributed by atoms with Crippen LogP contribution in [-0.4, -0.2) is 71.5 Å². The molecular formula is C13H23N3O4S. The average molecular weight is 317 g/mol. The van der Waals surface area contributed by atoms with Crippen LogP contribution in [0.2, 0.25) is 0 Å². The maximum Gasteiger partial charge on any atom is 0.320 e. The van der Waals surface area contributed by atoms with E-state index in [4.69, 9.17) is 5.11 Å². The van der Waals surface area contributed by atoms with Crippen LogP contribution in [-0.2, 0) is 14.4 Å². The van der Waals surface area contributed by atoms with Crippen LogP contribution in [0.1, 0.15) is 19.8 Å². The number of carboxylic acid groups (broad SMARTS) is 1. The number of amides is 2. The minimum atomic E-state index is -0.880. The number of carbonyl (C=O) groups is 3. The van der Waals surface area contributed by atoms with Gasteiger partial charge in [-0.1, -0.05) is 0 Å². The Balaban J connectivity index is 2.56. The topological polar surface area (TPSA) is 98.7 Å². The van der Waals surface area contributed by atoms with Crippen LogP contribution in [0, 0.1) is 0 Å². The van der Waals surface area contributed by atoms with E-state index in [1.165, 1.54) is 6.92 Å². The molecule has 1 heterocycles. The van der Waals surface area contributed by atoms with Crippen LogP contribution < -0.4 is 10.6 Å². The second-order valence-electron chi connectivity index (χ2n) is 5.27. The lowest BCUT2D eigenvalue weighted by atomic mass is 10.1. The van der Waals surface area contributed by atoms with Gasteiger partial charge in [-0.2, -0.15) is 11.8 Å². The number of carboxylic acids is 1. The predicted molar refractivity (Wildman–Crippen MR) is 81.2 cm³/mol. The van der Waals surface area contributed by atoms with E-state index in [9.17, 15) is 14.4 Å². The summed E-state index contributed by atoms with van der Waals surface area (Å²) in [5.74, 6) is -0.609. The van der Waals surface area contributed by atoms with Gasteiger partial charge in [0.2, 0.25) is 11.8 Å². The molecule has 1 fully saturated rings. The van der Waals surface area contributed by atoms with Gasteiger partial charge in [-0.3, -0.25) is 19.3 Å². The number of carbonyl (C=O) groups excluding carboxylic acids is 2. The number of nitrogens with one attached hydrogen (secondary N) is 2. The number of likely N-dealkylation sites (N-methyl/N-ethyl adjacent to an activating group) is 1. The van der Waals surface area contributed by atoms with E-state index < -0.39 is 18.1 Å². The zero-order chi connectivity index (χ0) is 16.0. The van der Waals surface area contributed by atoms with Gasteiger partial charge in [0, 0.05) is 19.5 Å². The van der Waals surface area contributed by atoms with Crippen LogP contribution in [0.15, 0.2) is 0 Å². The molecule has 1 aliphatic rings. The summed E-state index contributed by atoms with van der Waals surface area (Å²) >= 11 is 1.60. The summed E-state index contributed by atoms with van der Waals surface area (Å²) in [4.78, 5) is 36.2. The number of hydrogen-bond donors (Lipinski definition) is 3. The summed E-state index contributed by atoms with van der Waals surface area (Å²) < 4.78 is 0. The molecule has 8 heteroatoms. The Kier molecular flexibility index (Phi) is 6.97. The van der Waals surface area contributed by atoms with Crippen LogP contribution >= 0.6 is 11.8 Å².